The molecule has 2 rings (SSSR count). The molecule has 0 saturated heterocycles. The Hall–Kier alpha value is -1.36. The van der Waals surface area contributed by atoms with Gasteiger partial charge in [-0.2, -0.15) is 0 Å². The van der Waals surface area contributed by atoms with E-state index in [0.29, 0.717) is 0 Å². The lowest BCUT2D eigenvalue weighted by molar-refractivity contribution is 0.779. The number of rotatable bonds is 4. The molecule has 4 nitrogen and oxygen atoms in total. The van der Waals surface area contributed by atoms with Crippen molar-refractivity contribution in [2.75, 3.05) is 11.9 Å². The first-order valence-corrected chi connectivity index (χ1v) is 5.40. The average molecular weight is 208 g/mol. The second-order valence-electron chi connectivity index (χ2n) is 2.91. The first-order chi connectivity index (χ1) is 6.88. The molecule has 0 fully saturated rings. The molecule has 0 unspecified atom stereocenters. The van der Waals surface area contributed by atoms with Gasteiger partial charge in [-0.05, 0) is 6.92 Å². The maximum atomic E-state index is 4.43. The van der Waals surface area contributed by atoms with Crippen molar-refractivity contribution in [1.29, 1.82) is 0 Å². The fourth-order valence-corrected chi connectivity index (χ4v) is 1.95. The van der Waals surface area contributed by atoms with Gasteiger partial charge in [0.1, 0.15) is 0 Å². The van der Waals surface area contributed by atoms with E-state index in [1.807, 2.05) is 10.8 Å². The summed E-state index contributed by atoms with van der Waals surface area (Å²) in [4.78, 5) is 8.42. The van der Waals surface area contributed by atoms with Crippen molar-refractivity contribution in [1.82, 2.24) is 14.5 Å². The number of anilines is 1. The van der Waals surface area contributed by atoms with E-state index in [4.69, 9.17) is 0 Å². The summed E-state index contributed by atoms with van der Waals surface area (Å²) < 4.78 is 2.00. The Balaban J connectivity index is 2.03. The molecule has 0 aliphatic rings. The van der Waals surface area contributed by atoms with Crippen LogP contribution in [0.2, 0.25) is 0 Å². The summed E-state index contributed by atoms with van der Waals surface area (Å²) in [6, 6.07) is 0. The minimum absolute atomic E-state index is 0.794. The summed E-state index contributed by atoms with van der Waals surface area (Å²) in [5.74, 6) is 0. The molecule has 0 bridgehead atoms. The van der Waals surface area contributed by atoms with Gasteiger partial charge in [0.25, 0.3) is 0 Å². The zero-order valence-electron chi connectivity index (χ0n) is 7.97. The Morgan fingerprint density at radius 3 is 3.21 bits per heavy atom. The second kappa shape index (κ2) is 4.23. The van der Waals surface area contributed by atoms with Crippen LogP contribution in [0, 0.1) is 0 Å². The maximum absolute atomic E-state index is 4.43. The van der Waals surface area contributed by atoms with E-state index in [2.05, 4.69) is 27.6 Å². The molecule has 74 valence electrons. The Morgan fingerprint density at radius 1 is 1.57 bits per heavy atom. The Kier molecular flexibility index (Phi) is 2.78. The van der Waals surface area contributed by atoms with Gasteiger partial charge < -0.3 is 9.88 Å². The molecular weight excluding hydrogens is 196 g/mol. The fourth-order valence-electron chi connectivity index (χ4n) is 1.18. The molecule has 0 aromatic carbocycles. The molecule has 0 aliphatic heterocycles. The van der Waals surface area contributed by atoms with E-state index < -0.39 is 0 Å². The molecule has 14 heavy (non-hydrogen) atoms. The van der Waals surface area contributed by atoms with Gasteiger partial charge in [-0.25, -0.2) is 9.97 Å². The van der Waals surface area contributed by atoms with Gasteiger partial charge >= 0.3 is 0 Å². The van der Waals surface area contributed by atoms with Gasteiger partial charge in [0.05, 0.1) is 18.6 Å². The fraction of sp³-hybridized carbons (Fsp3) is 0.333. The van der Waals surface area contributed by atoms with Crippen LogP contribution < -0.4 is 5.32 Å². The quantitative estimate of drug-likeness (QED) is 0.833. The molecule has 2 aromatic heterocycles. The highest BCUT2D eigenvalue weighted by atomic mass is 32.1. The third-order valence-corrected chi connectivity index (χ3v) is 2.63. The number of aromatic nitrogens is 3. The van der Waals surface area contributed by atoms with Crippen molar-refractivity contribution >= 4 is 16.5 Å². The van der Waals surface area contributed by atoms with Gasteiger partial charge in [-0.15, -0.1) is 11.3 Å². The smallest absolute Gasteiger partial charge is 0.182 e. The van der Waals surface area contributed by atoms with Crippen LogP contribution >= 0.6 is 11.3 Å². The van der Waals surface area contributed by atoms with Crippen LogP contribution in [0.25, 0.3) is 0 Å². The van der Waals surface area contributed by atoms with Crippen LogP contribution in [-0.4, -0.2) is 21.1 Å². The first kappa shape index (κ1) is 9.21. The highest BCUT2D eigenvalue weighted by molar-refractivity contribution is 7.13. The normalized spacial score (nSPS) is 10.4. The van der Waals surface area contributed by atoms with Crippen LogP contribution in [0.4, 0.5) is 5.13 Å². The van der Waals surface area contributed by atoms with Gasteiger partial charge in [0.2, 0.25) is 0 Å². The van der Waals surface area contributed by atoms with Crippen molar-refractivity contribution in [3.05, 3.63) is 29.8 Å². The van der Waals surface area contributed by atoms with Crippen molar-refractivity contribution < 1.29 is 0 Å². The summed E-state index contributed by atoms with van der Waals surface area (Å²) in [5.41, 5.74) is 1.07. The molecule has 5 heteroatoms. The van der Waals surface area contributed by atoms with Crippen molar-refractivity contribution in [3.63, 3.8) is 0 Å². The number of nitrogens with zero attached hydrogens (tertiary/aromatic N) is 3. The zero-order chi connectivity index (χ0) is 9.80. The average Bonchev–Trinajstić information content (AvgIpc) is 2.79. The van der Waals surface area contributed by atoms with E-state index in [1.165, 1.54) is 0 Å². The number of nitrogens with one attached hydrogen (secondary N) is 1. The third-order valence-electron chi connectivity index (χ3n) is 1.78. The topological polar surface area (TPSA) is 42.7 Å². The minimum Gasteiger partial charge on any atom is -0.362 e. The SMILES string of the molecule is CCNc1nc(Cn2ccnc2)cs1. The summed E-state index contributed by atoms with van der Waals surface area (Å²) in [6.45, 7) is 3.77. The largest absolute Gasteiger partial charge is 0.362 e. The monoisotopic (exact) mass is 208 g/mol. The molecule has 1 N–H and O–H groups in total. The van der Waals surface area contributed by atoms with Gasteiger partial charge in [0.15, 0.2) is 5.13 Å². The highest BCUT2D eigenvalue weighted by Gasteiger charge is 2.00. The number of imidazole rings is 1. The second-order valence-corrected chi connectivity index (χ2v) is 3.77. The van der Waals surface area contributed by atoms with Crippen LogP contribution in [0.1, 0.15) is 12.6 Å². The van der Waals surface area contributed by atoms with Gasteiger partial charge in [-0.1, -0.05) is 0 Å². The van der Waals surface area contributed by atoms with E-state index in [1.54, 1.807) is 23.9 Å². The molecule has 2 heterocycles. The lowest BCUT2D eigenvalue weighted by Gasteiger charge is -1.97. The number of hydrogen-bond acceptors (Lipinski definition) is 4. The Labute approximate surface area is 86.6 Å². The van der Waals surface area contributed by atoms with Gasteiger partial charge in [-0.3, -0.25) is 0 Å². The van der Waals surface area contributed by atoms with E-state index in [-0.39, 0.29) is 0 Å². The number of hydrogen-bond donors (Lipinski definition) is 1. The predicted molar refractivity (Wildman–Crippen MR) is 57.6 cm³/mol. The molecule has 0 amide bonds. The van der Waals surface area contributed by atoms with E-state index in [9.17, 15) is 0 Å². The maximum Gasteiger partial charge on any atom is 0.182 e. The molecule has 0 radical (unpaired) electrons. The highest BCUT2D eigenvalue weighted by Crippen LogP contribution is 2.15. The third kappa shape index (κ3) is 2.11. The van der Waals surface area contributed by atoms with Crippen molar-refractivity contribution in [2.45, 2.75) is 13.5 Å². The van der Waals surface area contributed by atoms with Crippen LogP contribution in [0.3, 0.4) is 0 Å². The van der Waals surface area contributed by atoms with Gasteiger partial charge in [0, 0.05) is 24.3 Å². The minimum atomic E-state index is 0.794. The standard InChI is InChI=1S/C9H12N4S/c1-2-11-9-12-8(6-14-9)5-13-4-3-10-7-13/h3-4,6-7H,2,5H2,1H3,(H,11,12). The Bertz CT molecular complexity index is 379. The molecule has 0 atom stereocenters. The van der Waals surface area contributed by atoms with E-state index >= 15 is 0 Å². The summed E-state index contributed by atoms with van der Waals surface area (Å²) in [7, 11) is 0. The van der Waals surface area contributed by atoms with Crippen molar-refractivity contribution in [3.8, 4) is 0 Å². The lowest BCUT2D eigenvalue weighted by Crippen LogP contribution is -1.99. The number of thiazole rings is 1. The van der Waals surface area contributed by atoms with E-state index in [0.717, 1.165) is 23.9 Å². The summed E-state index contributed by atoms with van der Waals surface area (Å²) in [5, 5.41) is 6.25. The first-order valence-electron chi connectivity index (χ1n) is 4.52. The summed E-state index contributed by atoms with van der Waals surface area (Å²) >= 11 is 1.64. The molecule has 0 aliphatic carbocycles. The van der Waals surface area contributed by atoms with Crippen LogP contribution in [0.5, 0.6) is 0 Å². The lowest BCUT2D eigenvalue weighted by atomic mass is 10.5. The molecular formula is C9H12N4S. The zero-order valence-corrected chi connectivity index (χ0v) is 8.79. The molecule has 2 aromatic rings. The van der Waals surface area contributed by atoms with Crippen molar-refractivity contribution in [2.24, 2.45) is 0 Å². The molecule has 0 spiro atoms. The van der Waals surface area contributed by atoms with Crippen LogP contribution in [0.15, 0.2) is 24.1 Å². The van der Waals surface area contributed by atoms with Crippen LogP contribution in [-0.2, 0) is 6.54 Å². The predicted octanol–water partition coefficient (Wildman–Crippen LogP) is 1.82. The molecule has 0 saturated carbocycles. The Morgan fingerprint density at radius 2 is 2.50 bits per heavy atom. The summed E-state index contributed by atoms with van der Waals surface area (Å²) in [6.07, 6.45) is 5.51.